The number of carbonyl (C=O) groups excluding carboxylic acids is 1. The number of pyridine rings is 1. The molecule has 19 heavy (non-hydrogen) atoms. The van der Waals surface area contributed by atoms with E-state index >= 15 is 0 Å². The van der Waals surface area contributed by atoms with Gasteiger partial charge in [-0.05, 0) is 24.5 Å². The molecule has 1 rings (SSSR count). The summed E-state index contributed by atoms with van der Waals surface area (Å²) in [5.41, 5.74) is 1.52. The summed E-state index contributed by atoms with van der Waals surface area (Å²) in [6.45, 7) is 7.12. The number of halogens is 1. The number of carbonyl (C=O) groups is 1. The van der Waals surface area contributed by atoms with Crippen LogP contribution in [0.5, 0.6) is 0 Å². The van der Waals surface area contributed by atoms with Crippen molar-refractivity contribution in [3.63, 3.8) is 0 Å². The molecule has 3 nitrogen and oxygen atoms in total. The molecule has 1 atom stereocenters. The van der Waals surface area contributed by atoms with E-state index in [4.69, 9.17) is 11.6 Å². The first-order chi connectivity index (χ1) is 8.97. The fraction of sp³-hybridized carbons (Fsp3) is 0.600. The quantitative estimate of drug-likeness (QED) is 0.744. The summed E-state index contributed by atoms with van der Waals surface area (Å²) in [7, 11) is 1.84. The van der Waals surface area contributed by atoms with Gasteiger partial charge >= 0.3 is 0 Å². The van der Waals surface area contributed by atoms with Gasteiger partial charge in [0.1, 0.15) is 5.15 Å². The summed E-state index contributed by atoms with van der Waals surface area (Å²) < 4.78 is 0. The van der Waals surface area contributed by atoms with Crippen molar-refractivity contribution in [2.24, 2.45) is 5.92 Å². The summed E-state index contributed by atoms with van der Waals surface area (Å²) >= 11 is 5.99. The zero-order valence-electron chi connectivity index (χ0n) is 12.2. The Balaban J connectivity index is 2.86. The van der Waals surface area contributed by atoms with Gasteiger partial charge in [0.25, 0.3) is 5.91 Å². The van der Waals surface area contributed by atoms with Crippen LogP contribution in [0.15, 0.2) is 12.1 Å². The summed E-state index contributed by atoms with van der Waals surface area (Å²) in [4.78, 5) is 18.3. The molecule has 0 aliphatic rings. The first kappa shape index (κ1) is 16.0. The van der Waals surface area contributed by atoms with Crippen molar-refractivity contribution in [3.05, 3.63) is 28.5 Å². The average molecular weight is 283 g/mol. The van der Waals surface area contributed by atoms with E-state index in [1.807, 2.05) is 13.1 Å². The molecule has 0 spiro atoms. The molecule has 0 fully saturated rings. The van der Waals surface area contributed by atoms with Crippen molar-refractivity contribution < 1.29 is 4.79 Å². The van der Waals surface area contributed by atoms with Gasteiger partial charge in [0.15, 0.2) is 0 Å². The van der Waals surface area contributed by atoms with E-state index in [0.717, 1.165) is 31.5 Å². The number of hydrogen-bond donors (Lipinski definition) is 0. The smallest absolute Gasteiger partial charge is 0.253 e. The molecular weight excluding hydrogens is 260 g/mol. The molecule has 4 heteroatoms. The number of amides is 1. The first-order valence-corrected chi connectivity index (χ1v) is 7.27. The lowest BCUT2D eigenvalue weighted by molar-refractivity contribution is 0.0774. The summed E-state index contributed by atoms with van der Waals surface area (Å²) in [6, 6.07) is 3.50. The van der Waals surface area contributed by atoms with E-state index in [0.29, 0.717) is 16.6 Å². The fourth-order valence-electron chi connectivity index (χ4n) is 1.96. The van der Waals surface area contributed by atoms with Gasteiger partial charge in [-0.15, -0.1) is 0 Å². The lowest BCUT2D eigenvalue weighted by Gasteiger charge is -2.21. The fourth-order valence-corrected chi connectivity index (χ4v) is 2.18. The van der Waals surface area contributed by atoms with Crippen LogP contribution in [-0.4, -0.2) is 29.4 Å². The third kappa shape index (κ3) is 4.83. The molecule has 1 aromatic rings. The van der Waals surface area contributed by atoms with Crippen LogP contribution in [0.1, 0.15) is 49.7 Å². The Bertz CT molecular complexity index is 434. The third-order valence-corrected chi connectivity index (χ3v) is 3.42. The topological polar surface area (TPSA) is 33.2 Å². The maximum atomic E-state index is 12.3. The Morgan fingerprint density at radius 1 is 1.42 bits per heavy atom. The molecule has 0 bridgehead atoms. The van der Waals surface area contributed by atoms with Gasteiger partial charge in [0, 0.05) is 24.8 Å². The van der Waals surface area contributed by atoms with Gasteiger partial charge in [-0.25, -0.2) is 4.98 Å². The Morgan fingerprint density at radius 2 is 2.11 bits per heavy atom. The molecule has 106 valence electrons. The highest BCUT2D eigenvalue weighted by Gasteiger charge is 2.15. The lowest BCUT2D eigenvalue weighted by atomic mass is 10.1. The van der Waals surface area contributed by atoms with E-state index in [2.05, 4.69) is 25.8 Å². The summed E-state index contributed by atoms with van der Waals surface area (Å²) in [6.07, 6.45) is 2.90. The van der Waals surface area contributed by atoms with Crippen molar-refractivity contribution in [1.82, 2.24) is 9.88 Å². The molecule has 0 aliphatic heterocycles. The minimum atomic E-state index is 0.0157. The van der Waals surface area contributed by atoms with E-state index in [1.54, 1.807) is 11.0 Å². The van der Waals surface area contributed by atoms with Crippen molar-refractivity contribution in [2.75, 3.05) is 13.6 Å². The molecule has 1 unspecified atom stereocenters. The minimum Gasteiger partial charge on any atom is -0.341 e. The second-order valence-corrected chi connectivity index (χ2v) is 5.51. The molecule has 0 aromatic carbocycles. The predicted molar refractivity (Wildman–Crippen MR) is 79.7 cm³/mol. The second kappa shape index (κ2) is 7.49. The molecule has 0 N–H and O–H groups in total. The highest BCUT2D eigenvalue weighted by molar-refractivity contribution is 6.29. The van der Waals surface area contributed by atoms with E-state index < -0.39 is 0 Å². The van der Waals surface area contributed by atoms with Crippen molar-refractivity contribution in [1.29, 1.82) is 0 Å². The van der Waals surface area contributed by atoms with Crippen LogP contribution >= 0.6 is 11.6 Å². The molecule has 1 amide bonds. The highest BCUT2D eigenvalue weighted by Crippen LogP contribution is 2.15. The molecule has 0 saturated heterocycles. The van der Waals surface area contributed by atoms with Crippen LogP contribution in [0.3, 0.4) is 0 Å². The Labute approximate surface area is 121 Å². The monoisotopic (exact) mass is 282 g/mol. The zero-order chi connectivity index (χ0) is 14.4. The third-order valence-electron chi connectivity index (χ3n) is 3.23. The molecule has 0 aliphatic carbocycles. The Hall–Kier alpha value is -1.09. The second-order valence-electron chi connectivity index (χ2n) is 5.12. The van der Waals surface area contributed by atoms with Gasteiger partial charge in [0.05, 0.1) is 0 Å². The largest absolute Gasteiger partial charge is 0.341 e. The maximum absolute atomic E-state index is 12.3. The summed E-state index contributed by atoms with van der Waals surface area (Å²) in [5.74, 6) is 0.517. The van der Waals surface area contributed by atoms with Gasteiger partial charge in [-0.2, -0.15) is 0 Å². The van der Waals surface area contributed by atoms with Gasteiger partial charge in [-0.1, -0.05) is 45.2 Å². The Morgan fingerprint density at radius 3 is 2.68 bits per heavy atom. The van der Waals surface area contributed by atoms with Crippen molar-refractivity contribution in [2.45, 2.75) is 40.0 Å². The Kier molecular flexibility index (Phi) is 6.29. The van der Waals surface area contributed by atoms with Gasteiger partial charge in [0.2, 0.25) is 0 Å². The molecular formula is C15H23ClN2O. The van der Waals surface area contributed by atoms with E-state index in [9.17, 15) is 4.79 Å². The molecule has 0 saturated carbocycles. The van der Waals surface area contributed by atoms with Crippen molar-refractivity contribution in [3.8, 4) is 0 Å². The van der Waals surface area contributed by atoms with E-state index in [1.165, 1.54) is 0 Å². The zero-order valence-corrected chi connectivity index (χ0v) is 13.0. The minimum absolute atomic E-state index is 0.0157. The molecule has 1 heterocycles. The van der Waals surface area contributed by atoms with Crippen LogP contribution in [0.4, 0.5) is 0 Å². The predicted octanol–water partition coefficient (Wildman–Crippen LogP) is 3.81. The highest BCUT2D eigenvalue weighted by atomic mass is 35.5. The number of aryl methyl sites for hydroxylation is 1. The van der Waals surface area contributed by atoms with Crippen LogP contribution < -0.4 is 0 Å². The number of rotatable bonds is 6. The maximum Gasteiger partial charge on any atom is 0.253 e. The standard InChI is InChI=1S/C15H23ClN2O/c1-5-7-13-8-12(9-14(16)17-13)15(19)18(4)10-11(3)6-2/h8-9,11H,5-7,10H2,1-4H3. The lowest BCUT2D eigenvalue weighted by Crippen LogP contribution is -2.31. The molecule has 1 aromatic heterocycles. The van der Waals surface area contributed by atoms with Crippen LogP contribution in [-0.2, 0) is 6.42 Å². The van der Waals surface area contributed by atoms with Crippen LogP contribution in [0.25, 0.3) is 0 Å². The van der Waals surface area contributed by atoms with Gasteiger partial charge < -0.3 is 4.90 Å². The van der Waals surface area contributed by atoms with Crippen LogP contribution in [0.2, 0.25) is 5.15 Å². The van der Waals surface area contributed by atoms with Crippen molar-refractivity contribution >= 4 is 17.5 Å². The number of aromatic nitrogens is 1. The van der Waals surface area contributed by atoms with Gasteiger partial charge in [-0.3, -0.25) is 4.79 Å². The average Bonchev–Trinajstić information content (AvgIpc) is 2.37. The van der Waals surface area contributed by atoms with E-state index in [-0.39, 0.29) is 5.91 Å². The first-order valence-electron chi connectivity index (χ1n) is 6.89. The van der Waals surface area contributed by atoms with Crippen LogP contribution in [0, 0.1) is 5.92 Å². The SMILES string of the molecule is CCCc1cc(C(=O)N(C)CC(C)CC)cc(Cl)n1. The number of hydrogen-bond acceptors (Lipinski definition) is 2. The number of nitrogens with zero attached hydrogens (tertiary/aromatic N) is 2. The summed E-state index contributed by atoms with van der Waals surface area (Å²) in [5, 5.41) is 0.395. The normalized spacial score (nSPS) is 12.3. The molecule has 0 radical (unpaired) electrons.